The van der Waals surface area contributed by atoms with E-state index in [2.05, 4.69) is 42.2 Å². The second kappa shape index (κ2) is 27.8. The first kappa shape index (κ1) is 56.2. The number of hydrogen-bond donors (Lipinski definition) is 13. The average Bonchev–Trinajstić information content (AvgIpc) is 3.77. The highest BCUT2D eigenvalue weighted by atomic mass is 33.1. The number of nitrogens with one attached hydrogen (secondary N) is 8. The number of hydrogen-bond acceptors (Lipinski definition) is 14. The summed E-state index contributed by atoms with van der Waals surface area (Å²) in [5.41, 5.74) is 14.7. The number of aromatic amines is 1. The SMILES string of the molecule is C[C@@H](O)[C@H]1NC(=O)[C@H](CCCCN)NC(=O)[C@@H](Cc2c[nH]c3ccccc23)NC(=O)[C@H](Cc2ccccc2)NC(=O)[C@@H](Cc2ccccc2)NC(=O)[C@H](N)CSSC[C@H](C(=O)O)NC(=O)N(C)[C@@H](O)NC1=O. The van der Waals surface area contributed by atoms with Crippen LogP contribution in [0.4, 0.5) is 4.79 Å². The van der Waals surface area contributed by atoms with Gasteiger partial charge in [-0.3, -0.25) is 33.7 Å². The molecule has 0 radical (unpaired) electrons. The summed E-state index contributed by atoms with van der Waals surface area (Å²) in [7, 11) is 3.03. The van der Waals surface area contributed by atoms with Crippen molar-refractivity contribution in [2.75, 3.05) is 25.1 Å². The number of urea groups is 1. The third kappa shape index (κ3) is 16.7. The van der Waals surface area contributed by atoms with Crippen molar-refractivity contribution in [3.8, 4) is 0 Å². The molecule has 15 N–H and O–H groups in total. The zero-order chi connectivity index (χ0) is 52.3. The van der Waals surface area contributed by atoms with E-state index in [9.17, 15) is 53.7 Å². The monoisotopic (exact) mass is 1030 g/mol. The molecule has 1 fully saturated rings. The van der Waals surface area contributed by atoms with Crippen LogP contribution in [-0.4, -0.2) is 152 Å². The molecule has 0 saturated carbocycles. The van der Waals surface area contributed by atoms with Crippen LogP contribution < -0.4 is 48.7 Å². The number of aliphatic hydroxyl groups excluding tert-OH is 2. The number of H-pyrrole nitrogens is 1. The summed E-state index contributed by atoms with van der Waals surface area (Å²) in [6.07, 6.45) is -1.50. The van der Waals surface area contributed by atoms with Crippen molar-refractivity contribution >= 4 is 79.9 Å². The van der Waals surface area contributed by atoms with Gasteiger partial charge in [-0.05, 0) is 55.5 Å². The van der Waals surface area contributed by atoms with Gasteiger partial charge in [0.2, 0.25) is 41.8 Å². The van der Waals surface area contributed by atoms with Gasteiger partial charge in [0.05, 0.1) is 12.1 Å². The molecular weight excluding hydrogens is 971 g/mol. The summed E-state index contributed by atoms with van der Waals surface area (Å²) < 4.78 is 0. The molecule has 4 aromatic rings. The fourth-order valence-electron chi connectivity index (χ4n) is 7.53. The Kier molecular flexibility index (Phi) is 21.7. The molecule has 22 nitrogen and oxygen atoms in total. The molecule has 1 aromatic heterocycles. The summed E-state index contributed by atoms with van der Waals surface area (Å²) in [5, 5.41) is 50.0. The van der Waals surface area contributed by atoms with E-state index in [-0.39, 0.29) is 43.7 Å². The summed E-state index contributed by atoms with van der Waals surface area (Å²) in [6.45, 7) is 1.42. The number of para-hydroxylation sites is 1. The summed E-state index contributed by atoms with van der Waals surface area (Å²) in [5.74, 6) is -6.96. The number of aromatic nitrogens is 1. The van der Waals surface area contributed by atoms with Crippen LogP contribution in [0.5, 0.6) is 0 Å². The minimum Gasteiger partial charge on any atom is -0.480 e. The fraction of sp³-hybridized carbons (Fsp3) is 0.417. The van der Waals surface area contributed by atoms with Gasteiger partial charge in [-0.15, -0.1) is 0 Å². The van der Waals surface area contributed by atoms with Gasteiger partial charge in [-0.25, -0.2) is 9.59 Å². The van der Waals surface area contributed by atoms with Gasteiger partial charge in [0.1, 0.15) is 36.3 Å². The zero-order valence-corrected chi connectivity index (χ0v) is 41.4. The van der Waals surface area contributed by atoms with Crippen molar-refractivity contribution in [3.63, 3.8) is 0 Å². The number of benzene rings is 3. The minimum atomic E-state index is -2.10. The third-order valence-electron chi connectivity index (χ3n) is 11.7. The van der Waals surface area contributed by atoms with Gasteiger partial charge in [0, 0.05) is 54.9 Å². The molecule has 0 bridgehead atoms. The largest absolute Gasteiger partial charge is 0.480 e. The van der Waals surface area contributed by atoms with E-state index in [4.69, 9.17) is 11.5 Å². The van der Waals surface area contributed by atoms with Crippen molar-refractivity contribution in [2.45, 2.75) is 100 Å². The van der Waals surface area contributed by atoms with E-state index < -0.39 is 102 Å². The Labute approximate surface area is 423 Å². The van der Waals surface area contributed by atoms with E-state index in [0.29, 0.717) is 34.4 Å². The lowest BCUT2D eigenvalue weighted by molar-refractivity contribution is -0.139. The van der Waals surface area contributed by atoms with Crippen LogP contribution in [0.2, 0.25) is 0 Å². The lowest BCUT2D eigenvalue weighted by Crippen LogP contribution is -2.62. The number of carboxylic acids is 1. The van der Waals surface area contributed by atoms with E-state index in [1.807, 2.05) is 18.2 Å². The molecule has 24 heteroatoms. The third-order valence-corrected chi connectivity index (χ3v) is 14.1. The van der Waals surface area contributed by atoms with Gasteiger partial charge >= 0.3 is 12.0 Å². The maximum Gasteiger partial charge on any atom is 0.327 e. The highest BCUT2D eigenvalue weighted by molar-refractivity contribution is 8.76. The predicted octanol–water partition coefficient (Wildman–Crippen LogP) is -0.661. The van der Waals surface area contributed by atoms with Crippen molar-refractivity contribution in [1.29, 1.82) is 0 Å². The summed E-state index contributed by atoms with van der Waals surface area (Å²) in [6, 6.07) is 13.8. The van der Waals surface area contributed by atoms with Crippen LogP contribution in [0.3, 0.4) is 0 Å². The first-order valence-corrected chi connectivity index (χ1v) is 25.7. The minimum absolute atomic E-state index is 0.0192. The molecule has 8 amide bonds. The number of aliphatic carboxylic acids is 1. The van der Waals surface area contributed by atoms with Crippen molar-refractivity contribution in [3.05, 3.63) is 108 Å². The highest BCUT2D eigenvalue weighted by Crippen LogP contribution is 2.23. The summed E-state index contributed by atoms with van der Waals surface area (Å²) in [4.78, 5) is 114. The molecule has 2 heterocycles. The van der Waals surface area contributed by atoms with Gasteiger partial charge in [-0.2, -0.15) is 0 Å². The number of nitrogens with two attached hydrogens (primary N) is 2. The molecule has 5 rings (SSSR count). The number of unbranched alkanes of at least 4 members (excludes halogenated alkanes) is 1. The Balaban J connectivity index is 1.55. The van der Waals surface area contributed by atoms with Gasteiger partial charge in [0.25, 0.3) is 0 Å². The van der Waals surface area contributed by atoms with E-state index in [1.54, 1.807) is 72.9 Å². The fourth-order valence-corrected chi connectivity index (χ4v) is 9.81. The topological polar surface area (TPSA) is 353 Å². The average molecular weight is 1030 g/mol. The van der Waals surface area contributed by atoms with Crippen LogP contribution >= 0.6 is 21.6 Å². The van der Waals surface area contributed by atoms with Crippen LogP contribution in [0.15, 0.2) is 91.1 Å². The molecule has 9 atom stereocenters. The molecule has 0 spiro atoms. The van der Waals surface area contributed by atoms with Gasteiger partial charge < -0.3 is 69.0 Å². The van der Waals surface area contributed by atoms with Crippen LogP contribution in [0.25, 0.3) is 10.9 Å². The molecule has 72 heavy (non-hydrogen) atoms. The van der Waals surface area contributed by atoms with Crippen LogP contribution in [-0.2, 0) is 52.8 Å². The van der Waals surface area contributed by atoms with Crippen molar-refractivity contribution in [1.82, 2.24) is 47.1 Å². The Morgan fingerprint density at radius 3 is 1.75 bits per heavy atom. The number of aliphatic hydroxyl groups is 2. The van der Waals surface area contributed by atoms with E-state index in [0.717, 1.165) is 39.5 Å². The first-order valence-electron chi connectivity index (χ1n) is 23.2. The second-order valence-electron chi connectivity index (χ2n) is 17.2. The van der Waals surface area contributed by atoms with Gasteiger partial charge in [0.15, 0.2) is 0 Å². The molecular formula is C48H63N11O11S2. The second-order valence-corrected chi connectivity index (χ2v) is 19.8. The predicted molar refractivity (Wildman–Crippen MR) is 271 cm³/mol. The Bertz CT molecular complexity index is 2490. The Morgan fingerprint density at radius 2 is 1.18 bits per heavy atom. The van der Waals surface area contributed by atoms with Crippen molar-refractivity contribution < 1.29 is 53.7 Å². The number of nitrogens with zero attached hydrogens (tertiary/aromatic N) is 1. The standard InChI is InChI=1S/C48H63N11O11S2/c1-27(60)39-45(66)58-48(70)59(2)47(69)56-38(46(67)68)26-72-71-25-32(50)40(61)53-35(21-28-13-5-3-6-14-28)42(63)54-36(22-29-15-7-4-8-16-29)43(64)55-37(23-30-24-51-33-18-10-9-17-31(30)33)44(65)52-34(41(62)57-39)19-11-12-20-49/h3-10,13-18,24,27,32,34-39,48,51,60,70H,11-12,19-23,25-26,49-50H2,1-2H3,(H,52,65)(H,53,61)(H,54,63)(H,55,64)(H,56,69)(H,57,62)(H,58,66)(H,67,68)/t27-,32-,34+,35-,36+,37-,38-,39-,48+/m1/s1. The molecule has 0 unspecified atom stereocenters. The Hall–Kier alpha value is -6.70. The summed E-state index contributed by atoms with van der Waals surface area (Å²) >= 11 is 0. The molecule has 3 aromatic carbocycles. The lowest BCUT2D eigenvalue weighted by atomic mass is 10.00. The molecule has 1 aliphatic rings. The number of rotatable bonds is 12. The maximum absolute atomic E-state index is 14.7. The van der Waals surface area contributed by atoms with Crippen LogP contribution in [0.1, 0.15) is 42.9 Å². The molecule has 388 valence electrons. The maximum atomic E-state index is 14.7. The van der Waals surface area contributed by atoms with Crippen LogP contribution in [0, 0.1) is 0 Å². The lowest BCUT2D eigenvalue weighted by Gasteiger charge is -2.30. The number of carbonyl (C=O) groups excluding carboxylic acids is 7. The van der Waals surface area contributed by atoms with Crippen molar-refractivity contribution in [2.24, 2.45) is 11.5 Å². The molecule has 0 aliphatic carbocycles. The normalized spacial score (nSPS) is 24.6. The van der Waals surface area contributed by atoms with Gasteiger partial charge in [-0.1, -0.05) is 100 Å². The zero-order valence-electron chi connectivity index (χ0n) is 39.7. The number of carbonyl (C=O) groups is 8. The first-order chi connectivity index (χ1) is 34.4. The highest BCUT2D eigenvalue weighted by Gasteiger charge is 2.36. The molecule has 1 saturated heterocycles. The molecule has 1 aliphatic heterocycles. The number of fused-ring (bicyclic) bond motifs is 1. The van der Waals surface area contributed by atoms with E-state index in [1.165, 1.54) is 6.92 Å². The smallest absolute Gasteiger partial charge is 0.327 e. The quantitative estimate of drug-likeness (QED) is 0.0619. The number of carboxylic acid groups (broad SMARTS) is 1. The van der Waals surface area contributed by atoms with E-state index >= 15 is 0 Å². The number of amides is 8. The Morgan fingerprint density at radius 1 is 0.667 bits per heavy atom.